The summed E-state index contributed by atoms with van der Waals surface area (Å²) in [5, 5.41) is 16.8. The molecule has 0 bridgehead atoms. The summed E-state index contributed by atoms with van der Waals surface area (Å²) in [5.41, 5.74) is 1.20. The Kier molecular flexibility index (Phi) is 5.97. The highest BCUT2D eigenvalue weighted by Crippen LogP contribution is 2.34. The van der Waals surface area contributed by atoms with Crippen molar-refractivity contribution < 1.29 is 9.90 Å². The fraction of sp³-hybridized carbons (Fsp3) is 0.650. The van der Waals surface area contributed by atoms with E-state index >= 15 is 0 Å². The standard InChI is InChI=1S/C20H31N3O2/c1-16(14-23-11-4-5-12-23)13-21-19(24)22-15-20(25)10-6-8-17-7-2-3-9-18(17)20/h2-3,7,9,16,25H,4-6,8,10-15H2,1H3,(H2,21,22,24). The zero-order valence-electron chi connectivity index (χ0n) is 15.3. The third-order valence-corrected chi connectivity index (χ3v) is 5.48. The van der Waals surface area contributed by atoms with Gasteiger partial charge in [0.2, 0.25) is 0 Å². The molecule has 0 radical (unpaired) electrons. The van der Waals surface area contributed by atoms with E-state index in [9.17, 15) is 9.90 Å². The van der Waals surface area contributed by atoms with Crippen molar-refractivity contribution in [3.8, 4) is 0 Å². The first-order valence-corrected chi connectivity index (χ1v) is 9.62. The average Bonchev–Trinajstić information content (AvgIpc) is 3.12. The van der Waals surface area contributed by atoms with Gasteiger partial charge in [0.25, 0.3) is 0 Å². The third-order valence-electron chi connectivity index (χ3n) is 5.48. The Morgan fingerprint density at radius 1 is 1.24 bits per heavy atom. The van der Waals surface area contributed by atoms with Crippen LogP contribution in [0.25, 0.3) is 0 Å². The molecule has 25 heavy (non-hydrogen) atoms. The second kappa shape index (κ2) is 8.19. The molecule has 0 saturated carbocycles. The molecule has 2 aliphatic rings. The lowest BCUT2D eigenvalue weighted by atomic mass is 9.79. The molecule has 2 unspecified atom stereocenters. The summed E-state index contributed by atoms with van der Waals surface area (Å²) < 4.78 is 0. The molecule has 2 atom stereocenters. The van der Waals surface area contributed by atoms with Crippen LogP contribution in [0.2, 0.25) is 0 Å². The second-order valence-corrected chi connectivity index (χ2v) is 7.72. The van der Waals surface area contributed by atoms with Crippen LogP contribution in [-0.4, -0.2) is 48.8 Å². The van der Waals surface area contributed by atoms with Crippen molar-refractivity contribution in [3.05, 3.63) is 35.4 Å². The quantitative estimate of drug-likeness (QED) is 0.741. The fourth-order valence-corrected chi connectivity index (χ4v) is 4.11. The number of likely N-dealkylation sites (tertiary alicyclic amines) is 1. The normalized spacial score (nSPS) is 24.6. The first-order valence-electron chi connectivity index (χ1n) is 9.62. The minimum atomic E-state index is -0.951. The van der Waals surface area contributed by atoms with Gasteiger partial charge in [-0.2, -0.15) is 0 Å². The van der Waals surface area contributed by atoms with E-state index in [4.69, 9.17) is 0 Å². The molecule has 1 aliphatic heterocycles. The minimum absolute atomic E-state index is 0.190. The zero-order valence-corrected chi connectivity index (χ0v) is 15.3. The van der Waals surface area contributed by atoms with Gasteiger partial charge in [-0.25, -0.2) is 4.79 Å². The summed E-state index contributed by atoms with van der Waals surface area (Å²) in [6, 6.07) is 7.82. The van der Waals surface area contributed by atoms with Gasteiger partial charge in [0, 0.05) is 13.1 Å². The molecule has 3 rings (SSSR count). The molecule has 1 fully saturated rings. The summed E-state index contributed by atoms with van der Waals surface area (Å²) in [6.45, 7) is 6.50. The van der Waals surface area contributed by atoms with Crippen LogP contribution < -0.4 is 10.6 Å². The summed E-state index contributed by atoms with van der Waals surface area (Å²) in [5.74, 6) is 0.433. The van der Waals surface area contributed by atoms with E-state index in [2.05, 4.69) is 28.5 Å². The molecular formula is C20H31N3O2. The van der Waals surface area contributed by atoms with E-state index < -0.39 is 5.60 Å². The van der Waals surface area contributed by atoms with Crippen molar-refractivity contribution >= 4 is 6.03 Å². The van der Waals surface area contributed by atoms with Gasteiger partial charge in [-0.3, -0.25) is 0 Å². The van der Waals surface area contributed by atoms with E-state index in [-0.39, 0.29) is 12.6 Å². The van der Waals surface area contributed by atoms with Crippen molar-refractivity contribution in [1.82, 2.24) is 15.5 Å². The highest BCUT2D eigenvalue weighted by Gasteiger charge is 2.34. The number of aryl methyl sites for hydroxylation is 1. The summed E-state index contributed by atoms with van der Waals surface area (Å²) in [4.78, 5) is 14.6. The van der Waals surface area contributed by atoms with Gasteiger partial charge in [0.1, 0.15) is 5.60 Å². The van der Waals surface area contributed by atoms with Crippen LogP contribution >= 0.6 is 0 Å². The van der Waals surface area contributed by atoms with Crippen LogP contribution in [0.1, 0.15) is 43.7 Å². The Balaban J connectivity index is 1.44. The smallest absolute Gasteiger partial charge is 0.314 e. The molecule has 1 aromatic carbocycles. The number of amides is 2. The lowest BCUT2D eigenvalue weighted by Gasteiger charge is -2.34. The number of nitrogens with one attached hydrogen (secondary N) is 2. The molecule has 2 amide bonds. The molecule has 0 aromatic heterocycles. The van der Waals surface area contributed by atoms with E-state index in [1.54, 1.807) is 0 Å². The van der Waals surface area contributed by atoms with Gasteiger partial charge in [-0.15, -0.1) is 0 Å². The second-order valence-electron chi connectivity index (χ2n) is 7.72. The SMILES string of the molecule is CC(CNC(=O)NCC1(O)CCCc2ccccc21)CN1CCCC1. The van der Waals surface area contributed by atoms with E-state index in [1.807, 2.05) is 18.2 Å². The van der Waals surface area contributed by atoms with E-state index in [0.29, 0.717) is 18.9 Å². The molecule has 1 saturated heterocycles. The van der Waals surface area contributed by atoms with Crippen LogP contribution in [0.15, 0.2) is 24.3 Å². The fourth-order valence-electron chi connectivity index (χ4n) is 4.11. The Labute approximate surface area is 150 Å². The Bertz CT molecular complexity index is 586. The monoisotopic (exact) mass is 345 g/mol. The number of benzene rings is 1. The molecule has 1 aromatic rings. The zero-order chi connectivity index (χ0) is 17.7. The minimum Gasteiger partial charge on any atom is -0.383 e. The van der Waals surface area contributed by atoms with Crippen LogP contribution in [-0.2, 0) is 12.0 Å². The van der Waals surface area contributed by atoms with Gasteiger partial charge in [0.05, 0.1) is 6.54 Å². The Morgan fingerprint density at radius 3 is 2.80 bits per heavy atom. The maximum atomic E-state index is 12.1. The predicted octanol–water partition coefficient (Wildman–Crippen LogP) is 2.24. The number of rotatable bonds is 6. The van der Waals surface area contributed by atoms with E-state index in [0.717, 1.165) is 24.9 Å². The van der Waals surface area contributed by atoms with Gasteiger partial charge in [-0.1, -0.05) is 31.2 Å². The maximum Gasteiger partial charge on any atom is 0.314 e. The lowest BCUT2D eigenvalue weighted by Crippen LogP contribution is -2.47. The van der Waals surface area contributed by atoms with Gasteiger partial charge in [-0.05, 0) is 62.2 Å². The highest BCUT2D eigenvalue weighted by atomic mass is 16.3. The molecule has 3 N–H and O–H groups in total. The number of fused-ring (bicyclic) bond motifs is 1. The van der Waals surface area contributed by atoms with Gasteiger partial charge >= 0.3 is 6.03 Å². The summed E-state index contributed by atoms with van der Waals surface area (Å²) >= 11 is 0. The Hall–Kier alpha value is -1.59. The van der Waals surface area contributed by atoms with Crippen LogP contribution in [0.5, 0.6) is 0 Å². The highest BCUT2D eigenvalue weighted by molar-refractivity contribution is 5.73. The first-order chi connectivity index (χ1) is 12.1. The lowest BCUT2D eigenvalue weighted by molar-refractivity contribution is 0.0216. The predicted molar refractivity (Wildman–Crippen MR) is 99.5 cm³/mol. The van der Waals surface area contributed by atoms with Crippen LogP contribution in [0.3, 0.4) is 0 Å². The van der Waals surface area contributed by atoms with Crippen LogP contribution in [0.4, 0.5) is 4.79 Å². The molecule has 138 valence electrons. The van der Waals surface area contributed by atoms with Crippen LogP contribution in [0, 0.1) is 5.92 Å². The number of urea groups is 1. The van der Waals surface area contributed by atoms with Crippen molar-refractivity contribution in [2.75, 3.05) is 32.7 Å². The third kappa shape index (κ3) is 4.73. The van der Waals surface area contributed by atoms with Crippen molar-refractivity contribution in [3.63, 3.8) is 0 Å². The summed E-state index contributed by atoms with van der Waals surface area (Å²) in [6.07, 6.45) is 5.22. The first kappa shape index (κ1) is 18.2. The Morgan fingerprint density at radius 2 is 2.00 bits per heavy atom. The molecular weight excluding hydrogens is 314 g/mol. The number of hydrogen-bond acceptors (Lipinski definition) is 3. The molecule has 5 heteroatoms. The maximum absolute atomic E-state index is 12.1. The molecule has 0 spiro atoms. The van der Waals surface area contributed by atoms with E-state index in [1.165, 1.54) is 31.5 Å². The van der Waals surface area contributed by atoms with Crippen molar-refractivity contribution in [2.24, 2.45) is 5.92 Å². The number of aliphatic hydroxyl groups is 1. The molecule has 1 heterocycles. The molecule has 5 nitrogen and oxygen atoms in total. The van der Waals surface area contributed by atoms with Gasteiger partial charge in [0.15, 0.2) is 0 Å². The van der Waals surface area contributed by atoms with Crippen molar-refractivity contribution in [1.29, 1.82) is 0 Å². The molecule has 1 aliphatic carbocycles. The average molecular weight is 345 g/mol. The largest absolute Gasteiger partial charge is 0.383 e. The number of hydrogen-bond donors (Lipinski definition) is 3. The number of nitrogens with zero attached hydrogens (tertiary/aromatic N) is 1. The van der Waals surface area contributed by atoms with Crippen molar-refractivity contribution in [2.45, 2.75) is 44.6 Å². The topological polar surface area (TPSA) is 64.6 Å². The van der Waals surface area contributed by atoms with Gasteiger partial charge < -0.3 is 20.6 Å². The number of carbonyl (C=O) groups is 1. The summed E-state index contributed by atoms with van der Waals surface area (Å²) in [7, 11) is 0. The number of carbonyl (C=O) groups excluding carboxylic acids is 1.